The van der Waals surface area contributed by atoms with Gasteiger partial charge in [-0.1, -0.05) is 0 Å². The number of nitrogens with zero attached hydrogens (tertiary/aromatic N) is 4. The first-order valence-electron chi connectivity index (χ1n) is 5.59. The summed E-state index contributed by atoms with van der Waals surface area (Å²) >= 11 is 0. The number of carbonyl (C=O) groups is 1. The van der Waals surface area contributed by atoms with Crippen molar-refractivity contribution in [3.8, 4) is 0 Å². The second kappa shape index (κ2) is 6.47. The molecule has 0 saturated carbocycles. The van der Waals surface area contributed by atoms with E-state index in [9.17, 15) is 14.9 Å². The van der Waals surface area contributed by atoms with Crippen LogP contribution in [0.4, 0.5) is 17.5 Å². The lowest BCUT2D eigenvalue weighted by molar-refractivity contribution is -0.384. The van der Waals surface area contributed by atoms with Gasteiger partial charge in [-0.2, -0.15) is 4.98 Å². The first-order valence-corrected chi connectivity index (χ1v) is 5.59. The van der Waals surface area contributed by atoms with Crippen LogP contribution >= 0.6 is 0 Å². The Bertz CT molecular complexity index is 476. The maximum absolute atomic E-state index is 11.4. The van der Waals surface area contributed by atoms with Gasteiger partial charge in [0.2, 0.25) is 17.7 Å². The summed E-state index contributed by atoms with van der Waals surface area (Å²) in [7, 11) is 4.91. The number of aromatic nitrogens is 2. The molecule has 1 aromatic heterocycles. The molecule has 0 bridgehead atoms. The van der Waals surface area contributed by atoms with Crippen LogP contribution in [0.5, 0.6) is 0 Å². The van der Waals surface area contributed by atoms with E-state index in [2.05, 4.69) is 20.6 Å². The quantitative estimate of drug-likeness (QED) is 0.564. The molecule has 0 aliphatic carbocycles. The fraction of sp³-hybridized carbons (Fsp3) is 0.500. The van der Waals surface area contributed by atoms with Crippen LogP contribution in [0.1, 0.15) is 6.42 Å². The lowest BCUT2D eigenvalue weighted by Crippen LogP contribution is -2.24. The first-order chi connectivity index (χ1) is 8.95. The minimum Gasteiger partial charge on any atom is -0.364 e. The molecular formula is C10H16N6O3. The molecule has 0 fully saturated rings. The molecule has 0 aliphatic rings. The Morgan fingerprint density at radius 1 is 1.53 bits per heavy atom. The Morgan fingerprint density at radius 2 is 2.21 bits per heavy atom. The van der Waals surface area contributed by atoms with Gasteiger partial charge >= 0.3 is 5.69 Å². The van der Waals surface area contributed by atoms with Crippen molar-refractivity contribution in [1.29, 1.82) is 0 Å². The molecule has 0 unspecified atom stereocenters. The van der Waals surface area contributed by atoms with E-state index in [0.717, 1.165) is 6.20 Å². The molecule has 0 aromatic carbocycles. The molecule has 104 valence electrons. The molecule has 2 N–H and O–H groups in total. The summed E-state index contributed by atoms with van der Waals surface area (Å²) in [6, 6.07) is 0. The maximum atomic E-state index is 11.4. The molecule has 0 spiro atoms. The molecule has 1 amide bonds. The molecule has 1 rings (SSSR count). The highest BCUT2D eigenvalue weighted by Gasteiger charge is 2.17. The number of hydrogen-bond acceptors (Lipinski definition) is 7. The highest BCUT2D eigenvalue weighted by atomic mass is 16.6. The van der Waals surface area contributed by atoms with E-state index >= 15 is 0 Å². The van der Waals surface area contributed by atoms with Gasteiger partial charge < -0.3 is 15.5 Å². The maximum Gasteiger partial charge on any atom is 0.329 e. The standard InChI is InChI=1S/C10H16N6O3/c1-11-10-13-6-7(16(18)19)9(14-10)12-5-4-8(17)15(2)3/h6H,4-5H2,1-3H3,(H2,11,12,13,14). The van der Waals surface area contributed by atoms with Gasteiger partial charge in [0.25, 0.3) is 0 Å². The van der Waals surface area contributed by atoms with Gasteiger partial charge in [0.1, 0.15) is 6.20 Å². The van der Waals surface area contributed by atoms with Crippen LogP contribution in [0.3, 0.4) is 0 Å². The van der Waals surface area contributed by atoms with Crippen LogP contribution in [0.25, 0.3) is 0 Å². The number of rotatable bonds is 6. The van der Waals surface area contributed by atoms with E-state index in [1.54, 1.807) is 21.1 Å². The van der Waals surface area contributed by atoms with Crippen molar-refractivity contribution >= 4 is 23.4 Å². The first kappa shape index (κ1) is 14.6. The monoisotopic (exact) mass is 268 g/mol. The Morgan fingerprint density at radius 3 is 2.74 bits per heavy atom. The molecule has 0 saturated heterocycles. The van der Waals surface area contributed by atoms with Crippen molar-refractivity contribution in [3.05, 3.63) is 16.3 Å². The summed E-state index contributed by atoms with van der Waals surface area (Å²) in [5.74, 6) is 0.293. The predicted molar refractivity (Wildman–Crippen MR) is 70.0 cm³/mol. The Hall–Kier alpha value is -2.45. The second-order valence-electron chi connectivity index (χ2n) is 3.90. The third-order valence-electron chi connectivity index (χ3n) is 2.32. The van der Waals surface area contributed by atoms with Crippen molar-refractivity contribution < 1.29 is 9.72 Å². The topological polar surface area (TPSA) is 113 Å². The number of amides is 1. The molecule has 9 heteroatoms. The molecule has 9 nitrogen and oxygen atoms in total. The van der Waals surface area contributed by atoms with E-state index in [0.29, 0.717) is 0 Å². The SMILES string of the molecule is CNc1ncc([N+](=O)[O-])c(NCCC(=O)N(C)C)n1. The predicted octanol–water partition coefficient (Wildman–Crippen LogP) is 0.317. The van der Waals surface area contributed by atoms with Crippen molar-refractivity contribution in [2.75, 3.05) is 38.3 Å². The zero-order chi connectivity index (χ0) is 14.4. The number of carbonyl (C=O) groups excluding carboxylic acids is 1. The van der Waals surface area contributed by atoms with Gasteiger partial charge in [-0.25, -0.2) is 4.98 Å². The van der Waals surface area contributed by atoms with Gasteiger partial charge in [0.15, 0.2) is 0 Å². The zero-order valence-corrected chi connectivity index (χ0v) is 11.0. The number of nitrogens with one attached hydrogen (secondary N) is 2. The van der Waals surface area contributed by atoms with Gasteiger partial charge in [0, 0.05) is 34.1 Å². The molecule has 1 aromatic rings. The number of anilines is 2. The lowest BCUT2D eigenvalue weighted by atomic mass is 10.3. The van der Waals surface area contributed by atoms with E-state index in [-0.39, 0.29) is 36.3 Å². The van der Waals surface area contributed by atoms with Crippen molar-refractivity contribution in [3.63, 3.8) is 0 Å². The van der Waals surface area contributed by atoms with Gasteiger partial charge in [-0.3, -0.25) is 14.9 Å². The summed E-state index contributed by atoms with van der Waals surface area (Å²) in [6.45, 7) is 0.262. The summed E-state index contributed by atoms with van der Waals surface area (Å²) in [6.07, 6.45) is 1.35. The Labute approximate surface area is 110 Å². The third kappa shape index (κ3) is 4.05. The van der Waals surface area contributed by atoms with Crippen LogP contribution in [0.15, 0.2) is 6.20 Å². The summed E-state index contributed by atoms with van der Waals surface area (Å²) in [5.41, 5.74) is -0.226. The zero-order valence-electron chi connectivity index (χ0n) is 11.0. The molecular weight excluding hydrogens is 252 g/mol. The average Bonchev–Trinajstić information content (AvgIpc) is 2.37. The summed E-state index contributed by atoms with van der Waals surface area (Å²) in [5, 5.41) is 16.3. The van der Waals surface area contributed by atoms with E-state index in [1.165, 1.54) is 4.90 Å². The average molecular weight is 268 g/mol. The summed E-state index contributed by atoms with van der Waals surface area (Å²) < 4.78 is 0. The molecule has 19 heavy (non-hydrogen) atoms. The fourth-order valence-electron chi connectivity index (χ4n) is 1.27. The second-order valence-corrected chi connectivity index (χ2v) is 3.90. The molecule has 0 aliphatic heterocycles. The van der Waals surface area contributed by atoms with E-state index in [1.807, 2.05) is 0 Å². The molecule has 0 atom stereocenters. The highest BCUT2D eigenvalue weighted by Crippen LogP contribution is 2.21. The minimum absolute atomic E-state index is 0.0713. The van der Waals surface area contributed by atoms with Crippen LogP contribution in [0, 0.1) is 10.1 Å². The molecule has 1 heterocycles. The Balaban J connectivity index is 2.75. The molecule has 0 radical (unpaired) electrons. The van der Waals surface area contributed by atoms with Gasteiger partial charge in [0.05, 0.1) is 4.92 Å². The van der Waals surface area contributed by atoms with E-state index < -0.39 is 4.92 Å². The van der Waals surface area contributed by atoms with Gasteiger partial charge in [-0.05, 0) is 0 Å². The largest absolute Gasteiger partial charge is 0.364 e. The van der Waals surface area contributed by atoms with Crippen LogP contribution in [-0.4, -0.2) is 53.4 Å². The van der Waals surface area contributed by atoms with Crippen LogP contribution in [0.2, 0.25) is 0 Å². The van der Waals surface area contributed by atoms with Gasteiger partial charge in [-0.15, -0.1) is 0 Å². The highest BCUT2D eigenvalue weighted by molar-refractivity contribution is 5.76. The number of hydrogen-bond donors (Lipinski definition) is 2. The Kier molecular flexibility index (Phi) is 4.98. The summed E-state index contributed by atoms with van der Waals surface area (Å²) in [4.78, 5) is 30.8. The van der Waals surface area contributed by atoms with E-state index in [4.69, 9.17) is 0 Å². The van der Waals surface area contributed by atoms with Crippen molar-refractivity contribution in [2.24, 2.45) is 0 Å². The fourth-order valence-corrected chi connectivity index (χ4v) is 1.27. The lowest BCUT2D eigenvalue weighted by Gasteiger charge is -2.11. The third-order valence-corrected chi connectivity index (χ3v) is 2.32. The van der Waals surface area contributed by atoms with Crippen molar-refractivity contribution in [2.45, 2.75) is 6.42 Å². The minimum atomic E-state index is -0.574. The number of nitro groups is 1. The van der Waals surface area contributed by atoms with Crippen LogP contribution < -0.4 is 10.6 Å². The van der Waals surface area contributed by atoms with Crippen molar-refractivity contribution in [1.82, 2.24) is 14.9 Å². The normalized spacial score (nSPS) is 9.84. The van der Waals surface area contributed by atoms with Crippen LogP contribution in [-0.2, 0) is 4.79 Å². The smallest absolute Gasteiger partial charge is 0.329 e.